The van der Waals surface area contributed by atoms with Crippen LogP contribution in [0.4, 0.5) is 0 Å². The highest BCUT2D eigenvalue weighted by molar-refractivity contribution is 6.04. The Labute approximate surface area is 156 Å². The molecule has 0 saturated heterocycles. The van der Waals surface area contributed by atoms with Crippen molar-refractivity contribution in [1.82, 2.24) is 9.99 Å². The van der Waals surface area contributed by atoms with Crippen molar-refractivity contribution in [2.45, 2.75) is 18.7 Å². The van der Waals surface area contributed by atoms with E-state index in [9.17, 15) is 10.2 Å². The van der Waals surface area contributed by atoms with Crippen LogP contribution in [-0.2, 0) is 0 Å². The predicted octanol–water partition coefficient (Wildman–Crippen LogP) is 3.74. The summed E-state index contributed by atoms with van der Waals surface area (Å²) in [5, 5.41) is 26.8. The molecule has 2 aliphatic heterocycles. The van der Waals surface area contributed by atoms with Crippen LogP contribution in [0.25, 0.3) is 0 Å². The number of hydrazone groups is 1. The minimum Gasteiger partial charge on any atom is -0.508 e. The number of fused-ring (bicyclic) bond motifs is 3. The van der Waals surface area contributed by atoms with Crippen LogP contribution < -0.4 is 4.74 Å². The first kappa shape index (κ1) is 15.7. The molecule has 2 unspecified atom stereocenters. The summed E-state index contributed by atoms with van der Waals surface area (Å²) >= 11 is 0. The van der Waals surface area contributed by atoms with E-state index in [4.69, 9.17) is 9.84 Å². The van der Waals surface area contributed by atoms with Gasteiger partial charge in [0.1, 0.15) is 17.2 Å². The first-order valence-electron chi connectivity index (χ1n) is 8.74. The topological polar surface area (TPSA) is 78.2 Å². The van der Waals surface area contributed by atoms with Crippen LogP contribution in [-0.4, -0.2) is 25.9 Å². The fourth-order valence-corrected chi connectivity index (χ4v) is 3.69. The Morgan fingerprint density at radius 2 is 1.93 bits per heavy atom. The standard InChI is InChI=1S/C21H17N3O3/c25-14-7-8-19(26)16(10-14)17-11-18-15-5-1-2-6-20(15)27-21(24(18)23-17)13-4-3-9-22-12-13/h1-10,12,18,21,25-26H,11H2. The Kier molecular flexibility index (Phi) is 3.50. The number of hydrogen-bond acceptors (Lipinski definition) is 6. The summed E-state index contributed by atoms with van der Waals surface area (Å²) in [4.78, 5) is 4.20. The van der Waals surface area contributed by atoms with Gasteiger partial charge < -0.3 is 14.9 Å². The molecule has 0 amide bonds. The Morgan fingerprint density at radius 3 is 2.78 bits per heavy atom. The lowest BCUT2D eigenvalue weighted by Gasteiger charge is -2.38. The molecule has 0 saturated carbocycles. The lowest BCUT2D eigenvalue weighted by atomic mass is 9.95. The van der Waals surface area contributed by atoms with Crippen molar-refractivity contribution >= 4 is 5.71 Å². The van der Waals surface area contributed by atoms with E-state index in [1.54, 1.807) is 18.5 Å². The van der Waals surface area contributed by atoms with Crippen LogP contribution >= 0.6 is 0 Å². The predicted molar refractivity (Wildman–Crippen MR) is 99.6 cm³/mol. The van der Waals surface area contributed by atoms with Crippen LogP contribution in [0.15, 0.2) is 72.1 Å². The van der Waals surface area contributed by atoms with Gasteiger partial charge in [0.2, 0.25) is 6.23 Å². The van der Waals surface area contributed by atoms with Gasteiger partial charge in [-0.05, 0) is 30.3 Å². The third-order valence-electron chi connectivity index (χ3n) is 4.96. The van der Waals surface area contributed by atoms with Gasteiger partial charge in [0.05, 0.1) is 11.8 Å². The van der Waals surface area contributed by atoms with E-state index in [2.05, 4.69) is 4.98 Å². The van der Waals surface area contributed by atoms with E-state index >= 15 is 0 Å². The van der Waals surface area contributed by atoms with Crippen molar-refractivity contribution in [2.75, 3.05) is 0 Å². The highest BCUT2D eigenvalue weighted by Gasteiger charge is 2.41. The first-order chi connectivity index (χ1) is 13.2. The summed E-state index contributed by atoms with van der Waals surface area (Å²) < 4.78 is 6.24. The van der Waals surface area contributed by atoms with Crippen LogP contribution in [0, 0.1) is 0 Å². The van der Waals surface area contributed by atoms with Gasteiger partial charge >= 0.3 is 0 Å². The second-order valence-corrected chi connectivity index (χ2v) is 6.64. The second-order valence-electron chi connectivity index (χ2n) is 6.64. The average molecular weight is 359 g/mol. The minimum atomic E-state index is -0.407. The molecule has 2 N–H and O–H groups in total. The van der Waals surface area contributed by atoms with E-state index in [-0.39, 0.29) is 17.5 Å². The molecule has 27 heavy (non-hydrogen) atoms. The lowest BCUT2D eigenvalue weighted by Crippen LogP contribution is -2.33. The summed E-state index contributed by atoms with van der Waals surface area (Å²) in [6.07, 6.45) is 3.69. The Bertz CT molecular complexity index is 1040. The molecule has 6 heteroatoms. The molecule has 2 aliphatic rings. The monoisotopic (exact) mass is 359 g/mol. The molecular weight excluding hydrogens is 342 g/mol. The molecule has 3 heterocycles. The minimum absolute atomic E-state index is 0.0168. The molecule has 1 aromatic heterocycles. The van der Waals surface area contributed by atoms with Crippen molar-refractivity contribution in [3.05, 3.63) is 83.7 Å². The number of para-hydroxylation sites is 1. The molecule has 2 aromatic carbocycles. The SMILES string of the molecule is Oc1ccc(O)c(C2=NN3C(C2)c2ccccc2OC3c2cccnc2)c1. The molecule has 0 bridgehead atoms. The number of benzene rings is 2. The van der Waals surface area contributed by atoms with E-state index in [1.807, 2.05) is 41.4 Å². The maximum atomic E-state index is 10.3. The van der Waals surface area contributed by atoms with Crippen molar-refractivity contribution in [3.63, 3.8) is 0 Å². The molecule has 0 radical (unpaired) electrons. The number of phenolic OH excluding ortho intramolecular Hbond substituents is 2. The van der Waals surface area contributed by atoms with Crippen molar-refractivity contribution in [3.8, 4) is 17.2 Å². The smallest absolute Gasteiger partial charge is 0.215 e. The van der Waals surface area contributed by atoms with Gasteiger partial charge in [0.15, 0.2) is 0 Å². The van der Waals surface area contributed by atoms with E-state index < -0.39 is 6.23 Å². The van der Waals surface area contributed by atoms with E-state index in [0.717, 1.165) is 16.9 Å². The van der Waals surface area contributed by atoms with Crippen LogP contribution in [0.1, 0.15) is 35.4 Å². The number of aromatic nitrogens is 1. The number of pyridine rings is 1. The number of ether oxygens (including phenoxy) is 1. The van der Waals surface area contributed by atoms with Crippen molar-refractivity contribution in [1.29, 1.82) is 0 Å². The molecule has 6 nitrogen and oxygen atoms in total. The van der Waals surface area contributed by atoms with Gasteiger partial charge in [0.25, 0.3) is 0 Å². The molecule has 5 rings (SSSR count). The molecule has 0 fully saturated rings. The fraction of sp³-hybridized carbons (Fsp3) is 0.143. The van der Waals surface area contributed by atoms with Crippen molar-refractivity contribution < 1.29 is 14.9 Å². The van der Waals surface area contributed by atoms with Gasteiger partial charge in [0, 0.05) is 35.5 Å². The molecule has 3 aromatic rings. The summed E-state index contributed by atoms with van der Waals surface area (Å²) in [7, 11) is 0. The summed E-state index contributed by atoms with van der Waals surface area (Å²) in [6, 6.07) is 16.2. The molecule has 0 aliphatic carbocycles. The zero-order valence-electron chi connectivity index (χ0n) is 14.4. The molecule has 134 valence electrons. The normalized spacial score (nSPS) is 20.4. The van der Waals surface area contributed by atoms with E-state index in [1.165, 1.54) is 12.1 Å². The third kappa shape index (κ3) is 2.57. The zero-order chi connectivity index (χ0) is 18.4. The average Bonchev–Trinajstić information content (AvgIpc) is 3.15. The lowest BCUT2D eigenvalue weighted by molar-refractivity contribution is -0.0192. The fourth-order valence-electron chi connectivity index (χ4n) is 3.69. The Balaban J connectivity index is 1.62. The highest BCUT2D eigenvalue weighted by atomic mass is 16.5. The van der Waals surface area contributed by atoms with E-state index in [0.29, 0.717) is 17.7 Å². The number of rotatable bonds is 2. The maximum Gasteiger partial charge on any atom is 0.215 e. The number of hydrogen-bond donors (Lipinski definition) is 2. The van der Waals surface area contributed by atoms with Crippen LogP contribution in [0.3, 0.4) is 0 Å². The number of aromatic hydroxyl groups is 2. The second kappa shape index (κ2) is 6.02. The maximum absolute atomic E-state index is 10.3. The van der Waals surface area contributed by atoms with Gasteiger partial charge in [-0.2, -0.15) is 5.10 Å². The molecule has 0 spiro atoms. The number of phenols is 2. The Morgan fingerprint density at radius 1 is 1.04 bits per heavy atom. The van der Waals surface area contributed by atoms with Gasteiger partial charge in [-0.3, -0.25) is 4.98 Å². The van der Waals surface area contributed by atoms with Crippen LogP contribution in [0.2, 0.25) is 0 Å². The summed E-state index contributed by atoms with van der Waals surface area (Å²) in [6.45, 7) is 0. The molecule has 2 atom stereocenters. The van der Waals surface area contributed by atoms with Crippen molar-refractivity contribution in [2.24, 2.45) is 5.10 Å². The number of nitrogens with zero attached hydrogens (tertiary/aromatic N) is 3. The zero-order valence-corrected chi connectivity index (χ0v) is 14.4. The molecular formula is C21H17N3O3. The quantitative estimate of drug-likeness (QED) is 0.682. The van der Waals surface area contributed by atoms with Gasteiger partial charge in [-0.25, -0.2) is 5.01 Å². The van der Waals surface area contributed by atoms with Gasteiger partial charge in [-0.15, -0.1) is 0 Å². The first-order valence-corrected chi connectivity index (χ1v) is 8.74. The van der Waals surface area contributed by atoms with Gasteiger partial charge in [-0.1, -0.05) is 24.3 Å². The largest absolute Gasteiger partial charge is 0.508 e. The Hall–Kier alpha value is -3.54. The summed E-state index contributed by atoms with van der Waals surface area (Å²) in [5.74, 6) is 1.01. The summed E-state index contributed by atoms with van der Waals surface area (Å²) in [5.41, 5.74) is 3.20. The van der Waals surface area contributed by atoms with Crippen LogP contribution in [0.5, 0.6) is 17.2 Å². The third-order valence-corrected chi connectivity index (χ3v) is 4.96. The highest BCUT2D eigenvalue weighted by Crippen LogP contribution is 2.47.